The van der Waals surface area contributed by atoms with Gasteiger partial charge >= 0.3 is 12.4 Å². The number of fused-ring (bicyclic) bond motifs is 4. The zero-order valence-electron chi connectivity index (χ0n) is 19.6. The van der Waals surface area contributed by atoms with E-state index < -0.39 is 57.2 Å². The highest BCUT2D eigenvalue weighted by Crippen LogP contribution is 2.61. The smallest absolute Gasteiger partial charge is 0.374 e. The molecule has 198 valence electrons. The molecule has 0 radical (unpaired) electrons. The molecule has 0 aromatic rings. The quantitative estimate of drug-likeness (QED) is 0.338. The number of hydrogen-bond acceptors (Lipinski definition) is 4. The number of rotatable bonds is 7. The number of halogens is 6. The van der Waals surface area contributed by atoms with E-state index in [1.807, 2.05) is 6.92 Å². The number of alkyl halides is 6. The average Bonchev–Trinajstić information content (AvgIpc) is 3.41. The Morgan fingerprint density at radius 3 is 2.12 bits per heavy atom. The fraction of sp³-hybridized carbons (Fsp3) is 1.00. The second-order valence-corrected chi connectivity index (χ2v) is 13.3. The van der Waals surface area contributed by atoms with E-state index in [-0.39, 0.29) is 36.5 Å². The summed E-state index contributed by atoms with van der Waals surface area (Å²) in [7, 11) is -3.98. The first-order valence-corrected chi connectivity index (χ1v) is 13.7. The van der Waals surface area contributed by atoms with Gasteiger partial charge in [-0.05, 0) is 99.7 Å². The van der Waals surface area contributed by atoms with E-state index in [1.165, 1.54) is 0 Å². The van der Waals surface area contributed by atoms with Gasteiger partial charge in [0.15, 0.2) is 0 Å². The zero-order chi connectivity index (χ0) is 25.5. The lowest BCUT2D eigenvalue weighted by Crippen LogP contribution is -2.58. The molecule has 0 spiro atoms. The standard InChI is InChI=1S/C23H34F6O4S/c1-4-18(34(31,32)33-20(3)10-13-5-6-16(20)7-13)19-12(2)17-9-14(19)8-15(17)11-21(30,22(24,25)26)23(27,28)29/h12-19,30H,4-11H2,1-3H3. The Morgan fingerprint density at radius 1 is 1.06 bits per heavy atom. The molecule has 0 amide bonds. The van der Waals surface area contributed by atoms with Gasteiger partial charge in [-0.25, -0.2) is 0 Å². The first kappa shape index (κ1) is 26.5. The summed E-state index contributed by atoms with van der Waals surface area (Å²) in [5, 5.41) is 8.83. The Bertz CT molecular complexity index is 871. The van der Waals surface area contributed by atoms with E-state index >= 15 is 0 Å². The summed E-state index contributed by atoms with van der Waals surface area (Å²) in [4.78, 5) is 0. The van der Waals surface area contributed by atoms with Crippen LogP contribution in [0.5, 0.6) is 0 Å². The molecule has 4 rings (SSSR count). The van der Waals surface area contributed by atoms with Gasteiger partial charge in [-0.15, -0.1) is 0 Å². The topological polar surface area (TPSA) is 63.6 Å². The Morgan fingerprint density at radius 2 is 1.68 bits per heavy atom. The van der Waals surface area contributed by atoms with Crippen molar-refractivity contribution in [2.45, 2.75) is 101 Å². The third kappa shape index (κ3) is 4.09. The maximum absolute atomic E-state index is 13.4. The molecule has 4 aliphatic rings. The minimum absolute atomic E-state index is 0.0438. The molecule has 1 N–H and O–H groups in total. The van der Waals surface area contributed by atoms with E-state index in [2.05, 4.69) is 0 Å². The molecule has 0 aromatic carbocycles. The summed E-state index contributed by atoms with van der Waals surface area (Å²) in [5.41, 5.74) is -5.51. The molecule has 0 heterocycles. The Balaban J connectivity index is 1.50. The third-order valence-corrected chi connectivity index (χ3v) is 11.7. The summed E-state index contributed by atoms with van der Waals surface area (Å²) in [6.45, 7) is 5.30. The van der Waals surface area contributed by atoms with Crippen molar-refractivity contribution in [3.63, 3.8) is 0 Å². The second kappa shape index (κ2) is 8.23. The van der Waals surface area contributed by atoms with Gasteiger partial charge in [0.05, 0.1) is 10.9 Å². The van der Waals surface area contributed by atoms with Crippen molar-refractivity contribution < 1.29 is 44.0 Å². The molecule has 9 unspecified atom stereocenters. The fourth-order valence-corrected chi connectivity index (χ4v) is 10.3. The van der Waals surface area contributed by atoms with Gasteiger partial charge in [-0.2, -0.15) is 34.8 Å². The van der Waals surface area contributed by atoms with Crippen LogP contribution in [-0.4, -0.2) is 42.3 Å². The third-order valence-electron chi connectivity index (χ3n) is 9.72. The molecule has 0 saturated heterocycles. The Hall–Kier alpha value is -0.550. The van der Waals surface area contributed by atoms with Gasteiger partial charge in [-0.1, -0.05) is 13.8 Å². The van der Waals surface area contributed by atoms with Crippen LogP contribution in [-0.2, 0) is 14.3 Å². The molecule has 0 aromatic heterocycles. The molecular formula is C23H34F6O4S. The van der Waals surface area contributed by atoms with Crippen LogP contribution in [0.25, 0.3) is 0 Å². The van der Waals surface area contributed by atoms with Gasteiger partial charge in [-0.3, -0.25) is 4.18 Å². The molecule has 4 aliphatic carbocycles. The molecule has 4 saturated carbocycles. The van der Waals surface area contributed by atoms with Crippen LogP contribution in [0.3, 0.4) is 0 Å². The minimum Gasteiger partial charge on any atom is -0.374 e. The van der Waals surface area contributed by atoms with Crippen LogP contribution in [0.2, 0.25) is 0 Å². The summed E-state index contributed by atoms with van der Waals surface area (Å²) >= 11 is 0. The molecule has 4 fully saturated rings. The lowest BCUT2D eigenvalue weighted by molar-refractivity contribution is -0.373. The van der Waals surface area contributed by atoms with Crippen molar-refractivity contribution >= 4 is 10.1 Å². The van der Waals surface area contributed by atoms with Crippen molar-refractivity contribution in [3.8, 4) is 0 Å². The lowest BCUT2D eigenvalue weighted by Gasteiger charge is -2.42. The van der Waals surface area contributed by atoms with Gasteiger partial charge in [0.1, 0.15) is 0 Å². The Kier molecular flexibility index (Phi) is 6.42. The maximum atomic E-state index is 13.4. The van der Waals surface area contributed by atoms with E-state index in [4.69, 9.17) is 4.18 Å². The van der Waals surface area contributed by atoms with Crippen LogP contribution in [0, 0.1) is 41.4 Å². The van der Waals surface area contributed by atoms with Crippen molar-refractivity contribution in [2.75, 3.05) is 0 Å². The van der Waals surface area contributed by atoms with Crippen molar-refractivity contribution in [1.29, 1.82) is 0 Å². The molecule has 9 atom stereocenters. The van der Waals surface area contributed by atoms with E-state index in [9.17, 15) is 39.9 Å². The van der Waals surface area contributed by atoms with Gasteiger partial charge in [0, 0.05) is 0 Å². The lowest BCUT2D eigenvalue weighted by atomic mass is 9.70. The highest BCUT2D eigenvalue weighted by molar-refractivity contribution is 7.87. The first-order valence-electron chi connectivity index (χ1n) is 12.2. The Labute approximate surface area is 196 Å². The van der Waals surface area contributed by atoms with E-state index in [1.54, 1.807) is 13.8 Å². The van der Waals surface area contributed by atoms with Crippen molar-refractivity contribution in [3.05, 3.63) is 0 Å². The zero-order valence-corrected chi connectivity index (χ0v) is 20.4. The van der Waals surface area contributed by atoms with E-state index in [0.717, 1.165) is 19.3 Å². The number of hydrogen-bond donors (Lipinski definition) is 1. The molecule has 34 heavy (non-hydrogen) atoms. The molecule has 11 heteroatoms. The molecular weight excluding hydrogens is 486 g/mol. The van der Waals surface area contributed by atoms with Gasteiger partial charge < -0.3 is 5.11 Å². The monoisotopic (exact) mass is 520 g/mol. The number of aliphatic hydroxyl groups is 1. The average molecular weight is 521 g/mol. The predicted octanol–water partition coefficient (Wildman–Crippen LogP) is 5.84. The summed E-state index contributed by atoms with van der Waals surface area (Å²) in [5.74, 6) is -1.91. The second-order valence-electron chi connectivity index (χ2n) is 11.6. The van der Waals surface area contributed by atoms with Crippen LogP contribution in [0.1, 0.15) is 72.1 Å². The SMILES string of the molecule is CCC(C1C2CC(CC(O)(C(F)(F)F)C(F)(F)F)C(C2)C1C)S(=O)(=O)OC1(C)CC2CCC1C2. The minimum atomic E-state index is -5.84. The van der Waals surface area contributed by atoms with Gasteiger partial charge in [0.25, 0.3) is 15.7 Å². The van der Waals surface area contributed by atoms with Gasteiger partial charge in [0.2, 0.25) is 0 Å². The maximum Gasteiger partial charge on any atom is 0.426 e. The summed E-state index contributed by atoms with van der Waals surface area (Å²) in [6, 6.07) is 0. The van der Waals surface area contributed by atoms with Crippen LogP contribution in [0.4, 0.5) is 26.3 Å². The van der Waals surface area contributed by atoms with Crippen LogP contribution < -0.4 is 0 Å². The summed E-state index contributed by atoms with van der Waals surface area (Å²) in [6.07, 6.45) is -8.79. The molecule has 4 nitrogen and oxygen atoms in total. The highest BCUT2D eigenvalue weighted by atomic mass is 32.2. The van der Waals surface area contributed by atoms with Crippen molar-refractivity contribution in [2.24, 2.45) is 41.4 Å². The fourth-order valence-electron chi connectivity index (χ4n) is 8.18. The van der Waals surface area contributed by atoms with E-state index in [0.29, 0.717) is 18.8 Å². The molecule has 4 bridgehead atoms. The summed E-state index contributed by atoms with van der Waals surface area (Å²) < 4.78 is 112. The first-order chi connectivity index (χ1) is 15.4. The largest absolute Gasteiger partial charge is 0.426 e. The van der Waals surface area contributed by atoms with Crippen molar-refractivity contribution in [1.82, 2.24) is 0 Å². The van der Waals surface area contributed by atoms with Crippen LogP contribution in [0.15, 0.2) is 0 Å². The highest BCUT2D eigenvalue weighted by Gasteiger charge is 2.72. The molecule has 0 aliphatic heterocycles. The normalized spacial score (nSPS) is 41.4. The predicted molar refractivity (Wildman–Crippen MR) is 112 cm³/mol. The van der Waals surface area contributed by atoms with Crippen LogP contribution >= 0.6 is 0 Å².